The van der Waals surface area contributed by atoms with Crippen LogP contribution in [0.15, 0.2) is 69.0 Å². The molecule has 0 spiro atoms. The molecule has 1 aliphatic heterocycles. The van der Waals surface area contributed by atoms with Gasteiger partial charge in [0.1, 0.15) is 11.5 Å². The summed E-state index contributed by atoms with van der Waals surface area (Å²) in [5.74, 6) is 0.581. The first kappa shape index (κ1) is 20.8. The number of amides is 1. The topological polar surface area (TPSA) is 104 Å². The lowest BCUT2D eigenvalue weighted by Gasteiger charge is -2.32. The van der Waals surface area contributed by atoms with E-state index in [1.807, 2.05) is 0 Å². The number of nitriles is 1. The highest BCUT2D eigenvalue weighted by atomic mass is 32.2. The molecule has 1 atom stereocenters. The van der Waals surface area contributed by atoms with Gasteiger partial charge in [-0.05, 0) is 37.1 Å². The molecule has 2 N–H and O–H groups in total. The normalized spacial score (nSPS) is 18.2. The number of allylic oxidation sites excluding steroid dienone is 3. The highest BCUT2D eigenvalue weighted by Gasteiger charge is 2.38. The minimum Gasteiger partial charge on any atom is -0.497 e. The number of rotatable bonds is 6. The van der Waals surface area contributed by atoms with E-state index < -0.39 is 5.92 Å². The van der Waals surface area contributed by atoms with Gasteiger partial charge < -0.3 is 19.8 Å². The quantitative estimate of drug-likeness (QED) is 0.704. The zero-order chi connectivity index (χ0) is 21.8. The summed E-state index contributed by atoms with van der Waals surface area (Å²) >= 11 is 1.24. The van der Waals surface area contributed by atoms with Gasteiger partial charge in [0.25, 0.3) is 0 Å². The van der Waals surface area contributed by atoms with Crippen LogP contribution in [0.25, 0.3) is 0 Å². The molecule has 0 saturated heterocycles. The molecule has 0 fully saturated rings. The molecule has 2 heterocycles. The van der Waals surface area contributed by atoms with Crippen molar-refractivity contribution in [2.75, 3.05) is 18.2 Å². The summed E-state index contributed by atoms with van der Waals surface area (Å²) in [6.45, 7) is 0. The number of Topliss-reactive ketones (excluding diaryl/α,β-unsaturated/α-hetero) is 1. The Kier molecular flexibility index (Phi) is 6.14. The van der Waals surface area contributed by atoms with Crippen molar-refractivity contribution in [1.82, 2.24) is 5.32 Å². The van der Waals surface area contributed by atoms with E-state index in [0.29, 0.717) is 39.8 Å². The number of ether oxygens (including phenoxy) is 1. The molecule has 0 bridgehead atoms. The Hall–Kier alpha value is -3.44. The SMILES string of the molecule is COc1cccc(NC(=O)CSC2=C(C#N)[C@H](c3ccco3)C3=C(CCCC3=O)N2)c1. The first-order chi connectivity index (χ1) is 15.1. The van der Waals surface area contributed by atoms with Crippen LogP contribution in [-0.2, 0) is 9.59 Å². The fourth-order valence-corrected chi connectivity index (χ4v) is 4.67. The van der Waals surface area contributed by atoms with Gasteiger partial charge in [0.15, 0.2) is 5.78 Å². The Morgan fingerprint density at radius 1 is 1.35 bits per heavy atom. The summed E-state index contributed by atoms with van der Waals surface area (Å²) in [6.07, 6.45) is 3.47. The van der Waals surface area contributed by atoms with E-state index in [0.717, 1.165) is 18.5 Å². The maximum absolute atomic E-state index is 12.7. The number of ketones is 1. The number of furan rings is 1. The number of hydrogen-bond donors (Lipinski definition) is 2. The van der Waals surface area contributed by atoms with Gasteiger partial charge in [-0.15, -0.1) is 0 Å². The van der Waals surface area contributed by atoms with Crippen LogP contribution in [-0.4, -0.2) is 24.6 Å². The number of carbonyl (C=O) groups excluding carboxylic acids is 2. The second kappa shape index (κ2) is 9.14. The fourth-order valence-electron chi connectivity index (χ4n) is 3.81. The molecule has 0 radical (unpaired) electrons. The Morgan fingerprint density at radius 3 is 2.97 bits per heavy atom. The number of nitrogens with one attached hydrogen (secondary N) is 2. The minimum absolute atomic E-state index is 0.0303. The molecule has 31 heavy (non-hydrogen) atoms. The van der Waals surface area contributed by atoms with Crippen molar-refractivity contribution < 1.29 is 18.7 Å². The Bertz CT molecular complexity index is 1110. The van der Waals surface area contributed by atoms with Crippen molar-refractivity contribution in [3.8, 4) is 11.8 Å². The second-order valence-electron chi connectivity index (χ2n) is 7.17. The van der Waals surface area contributed by atoms with Gasteiger partial charge in [-0.25, -0.2) is 0 Å². The smallest absolute Gasteiger partial charge is 0.234 e. The van der Waals surface area contributed by atoms with Crippen LogP contribution in [0, 0.1) is 11.3 Å². The molecule has 0 saturated carbocycles. The van der Waals surface area contributed by atoms with Crippen LogP contribution in [0.2, 0.25) is 0 Å². The molecule has 1 aromatic carbocycles. The molecule has 1 amide bonds. The van der Waals surface area contributed by atoms with E-state index >= 15 is 0 Å². The Morgan fingerprint density at radius 2 is 2.23 bits per heavy atom. The minimum atomic E-state index is -0.548. The van der Waals surface area contributed by atoms with Crippen molar-refractivity contribution in [2.45, 2.75) is 25.2 Å². The van der Waals surface area contributed by atoms with E-state index in [2.05, 4.69) is 16.7 Å². The van der Waals surface area contributed by atoms with Crippen molar-refractivity contribution >= 4 is 29.1 Å². The van der Waals surface area contributed by atoms with E-state index in [1.54, 1.807) is 43.5 Å². The molecule has 2 aromatic rings. The molecule has 4 rings (SSSR count). The number of carbonyl (C=O) groups is 2. The summed E-state index contributed by atoms with van der Waals surface area (Å²) in [5, 5.41) is 16.6. The largest absolute Gasteiger partial charge is 0.497 e. The maximum atomic E-state index is 12.7. The summed E-state index contributed by atoms with van der Waals surface area (Å²) in [7, 11) is 1.57. The standard InChI is InChI=1S/C23H21N3O4S/c1-29-15-6-2-5-14(11-15)25-20(28)13-31-23-16(12-24)21(19-9-4-10-30-19)22-17(26-23)7-3-8-18(22)27/h2,4-6,9-11,21,26H,3,7-8,13H2,1H3,(H,25,28)/t21-/m1/s1. The fraction of sp³-hybridized carbons (Fsp3) is 0.261. The van der Waals surface area contributed by atoms with E-state index in [4.69, 9.17) is 9.15 Å². The third kappa shape index (κ3) is 4.37. The molecule has 0 unspecified atom stereocenters. The predicted octanol–water partition coefficient (Wildman–Crippen LogP) is 4.09. The zero-order valence-corrected chi connectivity index (χ0v) is 17.8. The average molecular weight is 436 g/mol. The lowest BCUT2D eigenvalue weighted by molar-refractivity contribution is -0.116. The third-order valence-electron chi connectivity index (χ3n) is 5.19. The van der Waals surface area contributed by atoms with E-state index in [1.165, 1.54) is 18.0 Å². The van der Waals surface area contributed by atoms with Crippen molar-refractivity contribution in [3.63, 3.8) is 0 Å². The average Bonchev–Trinajstić information content (AvgIpc) is 3.31. The predicted molar refractivity (Wildman–Crippen MR) is 117 cm³/mol. The highest BCUT2D eigenvalue weighted by Crippen LogP contribution is 2.44. The summed E-state index contributed by atoms with van der Waals surface area (Å²) < 4.78 is 10.8. The molecular formula is C23H21N3O4S. The Labute approximate surface area is 184 Å². The summed E-state index contributed by atoms with van der Waals surface area (Å²) in [6, 6.07) is 12.9. The van der Waals surface area contributed by atoms with Crippen molar-refractivity contribution in [3.05, 3.63) is 70.3 Å². The monoisotopic (exact) mass is 435 g/mol. The van der Waals surface area contributed by atoms with Crippen LogP contribution in [0.3, 0.4) is 0 Å². The van der Waals surface area contributed by atoms with Gasteiger partial charge >= 0.3 is 0 Å². The van der Waals surface area contributed by atoms with Crippen LogP contribution < -0.4 is 15.4 Å². The number of anilines is 1. The van der Waals surface area contributed by atoms with Gasteiger partial charge in [-0.1, -0.05) is 17.8 Å². The van der Waals surface area contributed by atoms with Crippen LogP contribution in [0.4, 0.5) is 5.69 Å². The van der Waals surface area contributed by atoms with Crippen LogP contribution in [0.5, 0.6) is 5.75 Å². The van der Waals surface area contributed by atoms with Gasteiger partial charge in [0.2, 0.25) is 5.91 Å². The van der Waals surface area contributed by atoms with Gasteiger partial charge in [-0.2, -0.15) is 5.26 Å². The third-order valence-corrected chi connectivity index (χ3v) is 6.21. The molecule has 158 valence electrons. The van der Waals surface area contributed by atoms with E-state index in [-0.39, 0.29) is 17.4 Å². The first-order valence-corrected chi connectivity index (χ1v) is 10.9. The molecule has 8 heteroatoms. The number of nitrogens with zero attached hydrogens (tertiary/aromatic N) is 1. The number of thioether (sulfide) groups is 1. The number of benzene rings is 1. The van der Waals surface area contributed by atoms with Crippen LogP contribution in [0.1, 0.15) is 30.9 Å². The number of dihydropyridines is 1. The van der Waals surface area contributed by atoms with Crippen LogP contribution >= 0.6 is 11.8 Å². The van der Waals surface area contributed by atoms with Crippen molar-refractivity contribution in [1.29, 1.82) is 5.26 Å². The lowest BCUT2D eigenvalue weighted by Crippen LogP contribution is -2.31. The lowest BCUT2D eigenvalue weighted by atomic mass is 9.79. The summed E-state index contributed by atoms with van der Waals surface area (Å²) in [5.41, 5.74) is 2.44. The molecular weight excluding hydrogens is 414 g/mol. The first-order valence-electron chi connectivity index (χ1n) is 9.88. The molecule has 1 aromatic heterocycles. The number of methoxy groups -OCH3 is 1. The van der Waals surface area contributed by atoms with Gasteiger partial charge in [0, 0.05) is 29.4 Å². The number of hydrogen-bond acceptors (Lipinski definition) is 7. The summed E-state index contributed by atoms with van der Waals surface area (Å²) in [4.78, 5) is 25.2. The Balaban J connectivity index is 1.55. The van der Waals surface area contributed by atoms with Crippen molar-refractivity contribution in [2.24, 2.45) is 0 Å². The molecule has 1 aliphatic carbocycles. The molecule has 2 aliphatic rings. The van der Waals surface area contributed by atoms with Gasteiger partial charge in [0.05, 0.1) is 41.7 Å². The highest BCUT2D eigenvalue weighted by molar-refractivity contribution is 8.03. The maximum Gasteiger partial charge on any atom is 0.234 e. The van der Waals surface area contributed by atoms with Gasteiger partial charge in [-0.3, -0.25) is 9.59 Å². The zero-order valence-electron chi connectivity index (χ0n) is 16.9. The molecule has 7 nitrogen and oxygen atoms in total. The van der Waals surface area contributed by atoms with E-state index in [9.17, 15) is 14.9 Å². The second-order valence-corrected chi connectivity index (χ2v) is 8.15.